The third kappa shape index (κ3) is 3.35. The molecule has 0 saturated heterocycles. The van der Waals surface area contributed by atoms with Gasteiger partial charge in [0.05, 0.1) is 0 Å². The highest BCUT2D eigenvalue weighted by Gasteiger charge is 2.13. The molecule has 0 bridgehead atoms. The first-order valence-electron chi connectivity index (χ1n) is 9.88. The predicted molar refractivity (Wildman–Crippen MR) is 127 cm³/mol. The number of ether oxygens (including phenoxy) is 1. The summed E-state index contributed by atoms with van der Waals surface area (Å²) in [6, 6.07) is 25.7. The highest BCUT2D eigenvalue weighted by Crippen LogP contribution is 2.41. The Balaban J connectivity index is 1.56. The molecule has 0 amide bonds. The topological polar surface area (TPSA) is 12.5 Å². The Morgan fingerprint density at radius 1 is 0.724 bits per heavy atom. The molecule has 5 rings (SSSR count). The molecule has 0 N–H and O–H groups in total. The summed E-state index contributed by atoms with van der Waals surface area (Å²) in [5.41, 5.74) is 1.33. The molecular formula is C26H22BrNO. The lowest BCUT2D eigenvalue weighted by Crippen LogP contribution is -2.14. The number of benzene rings is 5. The monoisotopic (exact) mass is 443 g/mol. The second-order valence-electron chi connectivity index (χ2n) is 7.83. The van der Waals surface area contributed by atoms with Crippen molar-refractivity contribution >= 4 is 48.2 Å². The second kappa shape index (κ2) is 7.33. The Morgan fingerprint density at radius 2 is 1.34 bits per heavy atom. The van der Waals surface area contributed by atoms with Gasteiger partial charge in [-0.1, -0.05) is 58.4 Å². The summed E-state index contributed by atoms with van der Waals surface area (Å²) in [4.78, 5) is 2.20. The minimum atomic E-state index is 0.870. The van der Waals surface area contributed by atoms with Crippen LogP contribution in [0.2, 0.25) is 0 Å². The summed E-state index contributed by atoms with van der Waals surface area (Å²) in [5, 5.41) is 7.44. The lowest BCUT2D eigenvalue weighted by molar-refractivity contribution is 0.413. The third-order valence-electron chi connectivity index (χ3n) is 5.57. The fourth-order valence-electron chi connectivity index (χ4n) is 4.03. The van der Waals surface area contributed by atoms with E-state index in [2.05, 4.69) is 108 Å². The highest BCUT2D eigenvalue weighted by molar-refractivity contribution is 9.10. The van der Waals surface area contributed by atoms with Crippen molar-refractivity contribution in [3.8, 4) is 11.5 Å². The Hall–Kier alpha value is -2.62. The third-order valence-corrected chi connectivity index (χ3v) is 6.26. The number of hydrogen-bond donors (Lipinski definition) is 0. The quantitative estimate of drug-likeness (QED) is 0.265. The van der Waals surface area contributed by atoms with Gasteiger partial charge in [-0.25, -0.2) is 0 Å². The van der Waals surface area contributed by atoms with E-state index in [0.717, 1.165) is 34.3 Å². The van der Waals surface area contributed by atoms with Crippen molar-refractivity contribution in [2.45, 2.75) is 6.42 Å². The summed E-state index contributed by atoms with van der Waals surface area (Å²) in [5.74, 6) is 1.77. The van der Waals surface area contributed by atoms with Crippen LogP contribution in [0.5, 0.6) is 11.5 Å². The normalized spacial score (nSPS) is 11.9. The van der Waals surface area contributed by atoms with Gasteiger partial charge in [-0.3, -0.25) is 0 Å². The first-order valence-corrected chi connectivity index (χ1v) is 10.7. The zero-order chi connectivity index (χ0) is 20.0. The summed E-state index contributed by atoms with van der Waals surface area (Å²) >= 11 is 3.71. The molecule has 29 heavy (non-hydrogen) atoms. The van der Waals surface area contributed by atoms with Crippen molar-refractivity contribution in [1.29, 1.82) is 0 Å². The van der Waals surface area contributed by atoms with Gasteiger partial charge < -0.3 is 9.64 Å². The van der Waals surface area contributed by atoms with E-state index in [1.807, 2.05) is 0 Å². The van der Waals surface area contributed by atoms with Crippen molar-refractivity contribution in [1.82, 2.24) is 4.90 Å². The molecule has 0 heterocycles. The van der Waals surface area contributed by atoms with Crippen molar-refractivity contribution in [2.24, 2.45) is 0 Å². The Morgan fingerprint density at radius 3 is 2.07 bits per heavy atom. The van der Waals surface area contributed by atoms with Crippen LogP contribution < -0.4 is 4.74 Å². The molecule has 5 aromatic carbocycles. The van der Waals surface area contributed by atoms with Crippen LogP contribution in [0.25, 0.3) is 32.3 Å². The summed E-state index contributed by atoms with van der Waals surface area (Å²) in [6.45, 7) is 1.05. The maximum Gasteiger partial charge on any atom is 0.135 e. The van der Waals surface area contributed by atoms with Crippen molar-refractivity contribution < 1.29 is 4.74 Å². The van der Waals surface area contributed by atoms with Gasteiger partial charge in [0.2, 0.25) is 0 Å². The van der Waals surface area contributed by atoms with E-state index in [1.165, 1.54) is 32.5 Å². The SMILES string of the molecule is CN(C)CCc1ccc(Oc2ccc3ccc4c(Br)ccc5ccc2c3c54)cc1. The standard InChI is InChI=1S/C26H22BrNO/c1-28(2)16-15-17-3-9-20(10-4-17)29-24-14-8-19-5-11-21-23(27)13-7-18-6-12-22(24)26(19)25(18)21/h3-14H,15-16H2,1-2H3. The smallest absolute Gasteiger partial charge is 0.135 e. The van der Waals surface area contributed by atoms with Gasteiger partial charge in [0.15, 0.2) is 0 Å². The first-order chi connectivity index (χ1) is 14.1. The zero-order valence-electron chi connectivity index (χ0n) is 16.6. The van der Waals surface area contributed by atoms with E-state index in [-0.39, 0.29) is 0 Å². The summed E-state index contributed by atoms with van der Waals surface area (Å²) in [6.07, 6.45) is 1.04. The number of likely N-dealkylation sites (N-methyl/N-ethyl adjacent to an activating group) is 1. The molecule has 144 valence electrons. The minimum Gasteiger partial charge on any atom is -0.457 e. The van der Waals surface area contributed by atoms with E-state index >= 15 is 0 Å². The van der Waals surface area contributed by atoms with Crippen LogP contribution >= 0.6 is 15.9 Å². The fourth-order valence-corrected chi connectivity index (χ4v) is 4.49. The van der Waals surface area contributed by atoms with Crippen LogP contribution in [0.3, 0.4) is 0 Å². The fraction of sp³-hybridized carbons (Fsp3) is 0.154. The van der Waals surface area contributed by atoms with Crippen molar-refractivity contribution in [3.05, 3.63) is 82.8 Å². The lowest BCUT2D eigenvalue weighted by atomic mass is 9.94. The van der Waals surface area contributed by atoms with Gasteiger partial charge in [-0.2, -0.15) is 0 Å². The van der Waals surface area contributed by atoms with Crippen molar-refractivity contribution in [2.75, 3.05) is 20.6 Å². The van der Waals surface area contributed by atoms with Crippen LogP contribution in [-0.2, 0) is 6.42 Å². The van der Waals surface area contributed by atoms with E-state index in [4.69, 9.17) is 4.74 Å². The van der Waals surface area contributed by atoms with E-state index < -0.39 is 0 Å². The maximum absolute atomic E-state index is 6.32. The van der Waals surface area contributed by atoms with Crippen LogP contribution in [0.4, 0.5) is 0 Å². The van der Waals surface area contributed by atoms with Gasteiger partial charge in [-0.15, -0.1) is 0 Å². The van der Waals surface area contributed by atoms with Gasteiger partial charge >= 0.3 is 0 Å². The molecule has 3 heteroatoms. The molecule has 0 spiro atoms. The summed E-state index contributed by atoms with van der Waals surface area (Å²) < 4.78 is 7.45. The van der Waals surface area contributed by atoms with Crippen LogP contribution in [0.1, 0.15) is 5.56 Å². The zero-order valence-corrected chi connectivity index (χ0v) is 18.2. The van der Waals surface area contributed by atoms with Crippen LogP contribution in [0.15, 0.2) is 77.3 Å². The molecule has 0 saturated carbocycles. The van der Waals surface area contributed by atoms with E-state index in [1.54, 1.807) is 0 Å². The van der Waals surface area contributed by atoms with E-state index in [9.17, 15) is 0 Å². The molecule has 5 aromatic rings. The largest absolute Gasteiger partial charge is 0.457 e. The number of rotatable bonds is 5. The summed E-state index contributed by atoms with van der Waals surface area (Å²) in [7, 11) is 4.20. The maximum atomic E-state index is 6.32. The van der Waals surface area contributed by atoms with Crippen molar-refractivity contribution in [3.63, 3.8) is 0 Å². The van der Waals surface area contributed by atoms with Gasteiger partial charge in [-0.05, 0) is 78.0 Å². The highest BCUT2D eigenvalue weighted by atomic mass is 79.9. The predicted octanol–water partition coefficient (Wildman–Crippen LogP) is 7.24. The molecule has 0 aliphatic rings. The first kappa shape index (κ1) is 18.4. The molecule has 0 fully saturated rings. The van der Waals surface area contributed by atoms with E-state index in [0.29, 0.717) is 0 Å². The minimum absolute atomic E-state index is 0.870. The molecule has 0 aliphatic heterocycles. The number of halogens is 1. The average Bonchev–Trinajstić information content (AvgIpc) is 2.74. The number of hydrogen-bond acceptors (Lipinski definition) is 2. The second-order valence-corrected chi connectivity index (χ2v) is 8.69. The molecular weight excluding hydrogens is 422 g/mol. The van der Waals surface area contributed by atoms with Crippen LogP contribution in [-0.4, -0.2) is 25.5 Å². The Labute approximate surface area is 179 Å². The van der Waals surface area contributed by atoms with Gasteiger partial charge in [0, 0.05) is 21.8 Å². The molecule has 0 aliphatic carbocycles. The molecule has 0 aromatic heterocycles. The van der Waals surface area contributed by atoms with Crippen LogP contribution in [0, 0.1) is 0 Å². The Bertz CT molecular complexity index is 1310. The Kier molecular flexibility index (Phi) is 4.65. The average molecular weight is 444 g/mol. The molecule has 0 atom stereocenters. The number of nitrogens with zero attached hydrogens (tertiary/aromatic N) is 1. The molecule has 0 radical (unpaired) electrons. The molecule has 2 nitrogen and oxygen atoms in total. The molecule has 0 unspecified atom stereocenters. The lowest BCUT2D eigenvalue weighted by Gasteiger charge is -2.15. The van der Waals surface area contributed by atoms with Gasteiger partial charge in [0.25, 0.3) is 0 Å². The van der Waals surface area contributed by atoms with Gasteiger partial charge in [0.1, 0.15) is 11.5 Å².